The number of halogens is 3. The maximum atomic E-state index is 12.6. The van der Waals surface area contributed by atoms with E-state index in [1.807, 2.05) is 6.92 Å². The minimum Gasteiger partial charge on any atom is -0.512 e. The lowest BCUT2D eigenvalue weighted by atomic mass is 9.98. The molecule has 0 bridgehead atoms. The summed E-state index contributed by atoms with van der Waals surface area (Å²) in [7, 11) is -1.89. The van der Waals surface area contributed by atoms with E-state index >= 15 is 0 Å². The minimum absolute atomic E-state index is 0.00518. The molecule has 0 fully saturated rings. The van der Waals surface area contributed by atoms with Gasteiger partial charge in [-0.15, -0.1) is 0 Å². The molecule has 31 heavy (non-hydrogen) atoms. The molecular weight excluding hydrogens is 433 g/mol. The van der Waals surface area contributed by atoms with E-state index in [1.54, 1.807) is 24.3 Å². The summed E-state index contributed by atoms with van der Waals surface area (Å²) in [6.07, 6.45) is -2.31. The number of hydrogen-bond donors (Lipinski definition) is 2. The summed E-state index contributed by atoms with van der Waals surface area (Å²) >= 11 is 0. The zero-order valence-corrected chi connectivity index (χ0v) is 17.4. The van der Waals surface area contributed by atoms with Crippen LogP contribution in [0, 0.1) is 0 Å². The largest absolute Gasteiger partial charge is 0.512 e. The van der Waals surface area contributed by atoms with E-state index in [2.05, 4.69) is 9.71 Å². The molecule has 0 aliphatic carbocycles. The molecule has 0 spiro atoms. The Balaban J connectivity index is 1.70. The van der Waals surface area contributed by atoms with E-state index in [-0.39, 0.29) is 35.3 Å². The first-order valence-corrected chi connectivity index (χ1v) is 10.7. The van der Waals surface area contributed by atoms with Crippen molar-refractivity contribution < 1.29 is 32.0 Å². The first kappa shape index (κ1) is 22.8. The van der Waals surface area contributed by atoms with Crippen LogP contribution in [0.4, 0.5) is 18.9 Å². The van der Waals surface area contributed by atoms with Gasteiger partial charge in [-0.25, -0.2) is 14.0 Å². The molecule has 6 nitrogen and oxygen atoms in total. The van der Waals surface area contributed by atoms with Gasteiger partial charge < -0.3 is 9.84 Å². The number of aliphatic hydroxyl groups excluding tert-OH is 1. The number of anilines is 1. The van der Waals surface area contributed by atoms with Crippen LogP contribution in [-0.2, 0) is 33.1 Å². The Morgan fingerprint density at radius 2 is 2.06 bits per heavy atom. The molecule has 1 aliphatic heterocycles. The van der Waals surface area contributed by atoms with Crippen LogP contribution in [0.25, 0.3) is 0 Å². The van der Waals surface area contributed by atoms with Crippen molar-refractivity contribution in [2.45, 2.75) is 49.9 Å². The molecule has 1 unspecified atom stereocenters. The normalized spacial score (nSPS) is 17.9. The van der Waals surface area contributed by atoms with Crippen LogP contribution in [0.2, 0.25) is 0 Å². The van der Waals surface area contributed by atoms with Gasteiger partial charge in [0.1, 0.15) is 16.9 Å². The van der Waals surface area contributed by atoms with Gasteiger partial charge in [-0.05, 0) is 36.2 Å². The maximum absolute atomic E-state index is 12.6. The van der Waals surface area contributed by atoms with Gasteiger partial charge in [0.2, 0.25) is 0 Å². The van der Waals surface area contributed by atoms with Crippen LogP contribution in [0.1, 0.15) is 37.3 Å². The van der Waals surface area contributed by atoms with Crippen molar-refractivity contribution in [1.82, 2.24) is 4.98 Å². The second-order valence-electron chi connectivity index (χ2n) is 7.08. The number of pyridine rings is 1. The van der Waals surface area contributed by atoms with Crippen molar-refractivity contribution in [3.05, 3.63) is 65.1 Å². The van der Waals surface area contributed by atoms with Gasteiger partial charge in [0.05, 0.1) is 11.1 Å². The zero-order chi connectivity index (χ0) is 22.6. The van der Waals surface area contributed by atoms with Crippen LogP contribution >= 0.6 is 0 Å². The number of aliphatic hydroxyl groups is 1. The highest BCUT2D eigenvalue weighted by Crippen LogP contribution is 2.29. The number of benzene rings is 1. The quantitative estimate of drug-likeness (QED) is 0.592. The first-order valence-electron chi connectivity index (χ1n) is 9.60. The minimum atomic E-state index is -4.52. The van der Waals surface area contributed by atoms with E-state index in [9.17, 15) is 27.3 Å². The predicted molar refractivity (Wildman–Crippen MR) is 108 cm³/mol. The van der Waals surface area contributed by atoms with Crippen LogP contribution in [0.15, 0.2) is 59.0 Å². The molecule has 10 heteroatoms. The number of cyclic esters (lactones) is 1. The Kier molecular flexibility index (Phi) is 6.99. The van der Waals surface area contributed by atoms with Gasteiger partial charge in [0.15, 0.2) is 11.0 Å². The zero-order valence-electron chi connectivity index (χ0n) is 16.6. The third-order valence-corrected chi connectivity index (χ3v) is 5.71. The number of rotatable bonds is 7. The van der Waals surface area contributed by atoms with Gasteiger partial charge in [0.25, 0.3) is 0 Å². The monoisotopic (exact) mass is 454 g/mol. The summed E-state index contributed by atoms with van der Waals surface area (Å²) in [5, 5.41) is 10.2. The van der Waals surface area contributed by atoms with Crippen LogP contribution in [0.5, 0.6) is 0 Å². The molecule has 0 radical (unpaired) electrons. The van der Waals surface area contributed by atoms with Gasteiger partial charge in [-0.2, -0.15) is 13.2 Å². The standard InChI is InChI=1S/C21H21F3N2O4S/c1-2-4-16-11-18(27)17(20(28)30-16)10-13-5-3-6-15(9-13)26-31(29)19-8-7-14(12-25-19)21(22,23)24/h3,5-9,12,16,26-27H,2,4,10-11H2,1H3/t16-,31?/m0/s1. The number of esters is 1. The number of alkyl halides is 3. The van der Waals surface area contributed by atoms with Gasteiger partial charge in [-0.1, -0.05) is 25.5 Å². The average Bonchev–Trinajstić information content (AvgIpc) is 2.71. The topological polar surface area (TPSA) is 88.5 Å². The van der Waals surface area contributed by atoms with Gasteiger partial charge in [-0.3, -0.25) is 4.72 Å². The number of nitrogens with one attached hydrogen (secondary N) is 1. The summed E-state index contributed by atoms with van der Waals surface area (Å²) in [6.45, 7) is 1.97. The Hall–Kier alpha value is -2.88. The number of hydrogen-bond acceptors (Lipinski definition) is 5. The third-order valence-electron chi connectivity index (χ3n) is 4.67. The molecule has 1 aliphatic rings. The lowest BCUT2D eigenvalue weighted by molar-refractivity contribution is -0.147. The molecule has 166 valence electrons. The summed E-state index contributed by atoms with van der Waals surface area (Å²) in [5.41, 5.74) is 0.333. The Bertz CT molecular complexity index is 1010. The summed E-state index contributed by atoms with van der Waals surface area (Å²) in [5.74, 6) is -0.552. The lowest BCUT2D eigenvalue weighted by Gasteiger charge is -2.24. The highest BCUT2D eigenvalue weighted by molar-refractivity contribution is 7.86. The molecule has 3 rings (SSSR count). The van der Waals surface area contributed by atoms with E-state index in [1.165, 1.54) is 0 Å². The molecule has 2 N–H and O–H groups in total. The maximum Gasteiger partial charge on any atom is 0.417 e. The molecule has 1 aromatic heterocycles. The third kappa shape index (κ3) is 5.84. The number of ether oxygens (including phenoxy) is 1. The fourth-order valence-corrected chi connectivity index (χ4v) is 3.93. The van der Waals surface area contributed by atoms with Crippen LogP contribution < -0.4 is 4.72 Å². The molecule has 0 amide bonds. The Morgan fingerprint density at radius 1 is 1.29 bits per heavy atom. The fraction of sp³-hybridized carbons (Fsp3) is 0.333. The number of aromatic nitrogens is 1. The first-order chi connectivity index (χ1) is 14.7. The van der Waals surface area contributed by atoms with E-state index in [0.29, 0.717) is 23.9 Å². The Labute approximate surface area is 179 Å². The molecular formula is C21H21F3N2O4S. The number of carbonyl (C=O) groups is 1. The second kappa shape index (κ2) is 9.51. The van der Waals surface area contributed by atoms with Crippen molar-refractivity contribution in [3.8, 4) is 0 Å². The molecule has 0 saturated carbocycles. The van der Waals surface area contributed by atoms with Gasteiger partial charge >= 0.3 is 12.1 Å². The summed E-state index contributed by atoms with van der Waals surface area (Å²) in [6, 6.07) is 8.51. The fourth-order valence-electron chi connectivity index (χ4n) is 3.14. The lowest BCUT2D eigenvalue weighted by Crippen LogP contribution is -2.27. The van der Waals surface area contributed by atoms with Crippen molar-refractivity contribution >= 4 is 22.6 Å². The Morgan fingerprint density at radius 3 is 2.68 bits per heavy atom. The molecule has 2 heterocycles. The predicted octanol–water partition coefficient (Wildman–Crippen LogP) is 4.71. The summed E-state index contributed by atoms with van der Waals surface area (Å²) < 4.78 is 58.3. The van der Waals surface area contributed by atoms with Gasteiger partial charge in [0, 0.05) is 24.7 Å². The molecule has 2 aromatic rings. The van der Waals surface area contributed by atoms with Crippen molar-refractivity contribution in [2.75, 3.05) is 4.72 Å². The molecule has 1 aromatic carbocycles. The van der Waals surface area contributed by atoms with Crippen LogP contribution in [0.3, 0.4) is 0 Å². The number of carbonyl (C=O) groups excluding carboxylic acids is 1. The number of nitrogens with zero attached hydrogens (tertiary/aromatic N) is 1. The highest BCUT2D eigenvalue weighted by Gasteiger charge is 2.31. The molecule has 0 saturated heterocycles. The highest BCUT2D eigenvalue weighted by atomic mass is 32.2. The van der Waals surface area contributed by atoms with E-state index in [0.717, 1.165) is 18.6 Å². The van der Waals surface area contributed by atoms with E-state index in [4.69, 9.17) is 4.74 Å². The van der Waals surface area contributed by atoms with Crippen molar-refractivity contribution in [2.24, 2.45) is 0 Å². The summed E-state index contributed by atoms with van der Waals surface area (Å²) in [4.78, 5) is 15.9. The van der Waals surface area contributed by atoms with Crippen LogP contribution in [-0.4, -0.2) is 26.4 Å². The SMILES string of the molecule is CCC[C@H]1CC(O)=C(Cc2cccc(NS(=O)c3ccc(C(F)(F)F)cn3)c2)C(=O)O1. The van der Waals surface area contributed by atoms with Crippen molar-refractivity contribution in [1.29, 1.82) is 0 Å². The average molecular weight is 454 g/mol. The van der Waals surface area contributed by atoms with Crippen molar-refractivity contribution in [3.63, 3.8) is 0 Å². The second-order valence-corrected chi connectivity index (χ2v) is 8.24. The molecule has 2 atom stereocenters. The smallest absolute Gasteiger partial charge is 0.417 e. The van der Waals surface area contributed by atoms with E-state index < -0.39 is 28.7 Å².